The van der Waals surface area contributed by atoms with Crippen LogP contribution in [0.3, 0.4) is 0 Å². The predicted molar refractivity (Wildman–Crippen MR) is 100 cm³/mol. The first-order valence-corrected chi connectivity index (χ1v) is 8.93. The molecule has 4 rings (SSSR count). The number of nitrogens with zero attached hydrogens (tertiary/aromatic N) is 1. The lowest BCUT2D eigenvalue weighted by Crippen LogP contribution is -2.53. The molecule has 0 bridgehead atoms. The predicted octanol–water partition coefficient (Wildman–Crippen LogP) is 3.83. The molecule has 0 N–H and O–H groups in total. The van der Waals surface area contributed by atoms with Crippen LogP contribution in [0.5, 0.6) is 0 Å². The summed E-state index contributed by atoms with van der Waals surface area (Å²) in [5.74, 6) is -0.155. The van der Waals surface area contributed by atoms with Crippen molar-refractivity contribution < 1.29 is 19.1 Å². The lowest BCUT2D eigenvalue weighted by Gasteiger charge is -2.37. The fourth-order valence-electron chi connectivity index (χ4n) is 3.91. The van der Waals surface area contributed by atoms with Gasteiger partial charge in [0.1, 0.15) is 6.04 Å². The smallest absolute Gasteiger partial charge is 0.411 e. The summed E-state index contributed by atoms with van der Waals surface area (Å²) < 4.78 is 11.3. The van der Waals surface area contributed by atoms with Crippen LogP contribution < -0.4 is 0 Å². The molecule has 1 fully saturated rings. The van der Waals surface area contributed by atoms with Gasteiger partial charge in [-0.1, -0.05) is 66.7 Å². The summed E-state index contributed by atoms with van der Waals surface area (Å²) in [6, 6.07) is 18.5. The molecule has 138 valence electrons. The molecule has 1 heterocycles. The molecule has 2 aromatic rings. The van der Waals surface area contributed by atoms with Crippen molar-refractivity contribution in [1.29, 1.82) is 0 Å². The van der Waals surface area contributed by atoms with Gasteiger partial charge in [0, 0.05) is 7.11 Å². The summed E-state index contributed by atoms with van der Waals surface area (Å²) in [5, 5.41) is 0. The Labute approximate surface area is 158 Å². The molecule has 2 aromatic carbocycles. The minimum Gasteiger partial charge on any atom is -0.439 e. The molecule has 0 unspecified atom stereocenters. The van der Waals surface area contributed by atoms with E-state index in [0.717, 1.165) is 11.1 Å². The molecule has 0 spiro atoms. The molecule has 2 aliphatic rings. The standard InChI is InChI=1S/C22H21NO4/c1-22(26-2)17(13-14-18(22)24)23-19(15-9-5-3-6-10-15)20(27-21(23)25)16-11-7-4-8-12-16/h3-14,17,19-20H,1-2H3/t17-,19-,20+,22+/m1/s1. The number of rotatable bonds is 4. The van der Waals surface area contributed by atoms with E-state index in [2.05, 4.69) is 0 Å². The summed E-state index contributed by atoms with van der Waals surface area (Å²) in [6.45, 7) is 1.71. The Morgan fingerprint density at radius 3 is 2.15 bits per heavy atom. The molecule has 1 amide bonds. The van der Waals surface area contributed by atoms with Crippen LogP contribution in [0.25, 0.3) is 0 Å². The number of ether oxygens (including phenoxy) is 2. The van der Waals surface area contributed by atoms with Crippen molar-refractivity contribution in [2.24, 2.45) is 0 Å². The molecule has 4 atom stereocenters. The van der Waals surface area contributed by atoms with E-state index in [4.69, 9.17) is 9.47 Å². The zero-order valence-corrected chi connectivity index (χ0v) is 15.2. The number of carbonyl (C=O) groups excluding carboxylic acids is 2. The SMILES string of the molecule is CO[C@]1(C)C(=O)C=C[C@H]1N1C(=O)O[C@@H](c2ccccc2)[C@H]1c1ccccc1. The quantitative estimate of drug-likeness (QED) is 0.828. The molecule has 0 radical (unpaired) electrons. The number of carbonyl (C=O) groups is 2. The molecule has 5 nitrogen and oxygen atoms in total. The highest BCUT2D eigenvalue weighted by Gasteiger charge is 2.55. The Hall–Kier alpha value is -2.92. The van der Waals surface area contributed by atoms with Gasteiger partial charge in [0.2, 0.25) is 0 Å². The summed E-state index contributed by atoms with van der Waals surface area (Å²) in [4.78, 5) is 27.0. The van der Waals surface area contributed by atoms with E-state index >= 15 is 0 Å². The van der Waals surface area contributed by atoms with E-state index in [-0.39, 0.29) is 11.8 Å². The van der Waals surface area contributed by atoms with E-state index in [0.29, 0.717) is 0 Å². The first-order chi connectivity index (χ1) is 13.1. The summed E-state index contributed by atoms with van der Waals surface area (Å²) >= 11 is 0. The van der Waals surface area contributed by atoms with Gasteiger partial charge in [-0.15, -0.1) is 0 Å². The largest absolute Gasteiger partial charge is 0.439 e. The Kier molecular flexibility index (Phi) is 4.32. The van der Waals surface area contributed by atoms with E-state index < -0.39 is 23.8 Å². The lowest BCUT2D eigenvalue weighted by molar-refractivity contribution is -0.136. The van der Waals surface area contributed by atoms with Crippen LogP contribution >= 0.6 is 0 Å². The van der Waals surface area contributed by atoms with Crippen molar-refractivity contribution in [2.45, 2.75) is 30.7 Å². The van der Waals surface area contributed by atoms with E-state index in [1.165, 1.54) is 13.2 Å². The zero-order chi connectivity index (χ0) is 19.0. The van der Waals surface area contributed by atoms with E-state index in [1.807, 2.05) is 60.7 Å². The minimum absolute atomic E-state index is 0.155. The molecular weight excluding hydrogens is 342 g/mol. The maximum Gasteiger partial charge on any atom is 0.411 e. The molecule has 1 aliphatic carbocycles. The molecule has 0 aromatic heterocycles. The van der Waals surface area contributed by atoms with E-state index in [1.54, 1.807) is 17.9 Å². The van der Waals surface area contributed by atoms with Crippen molar-refractivity contribution in [1.82, 2.24) is 4.90 Å². The monoisotopic (exact) mass is 363 g/mol. The number of methoxy groups -OCH3 is 1. The normalized spacial score (nSPS) is 30.0. The topological polar surface area (TPSA) is 55.8 Å². The third-order valence-electron chi connectivity index (χ3n) is 5.50. The van der Waals surface area contributed by atoms with Crippen molar-refractivity contribution >= 4 is 11.9 Å². The van der Waals surface area contributed by atoms with Gasteiger partial charge < -0.3 is 9.47 Å². The molecule has 5 heteroatoms. The van der Waals surface area contributed by atoms with Gasteiger partial charge in [-0.25, -0.2) is 4.79 Å². The zero-order valence-electron chi connectivity index (χ0n) is 15.2. The van der Waals surface area contributed by atoms with Gasteiger partial charge in [0.05, 0.1) is 6.04 Å². The minimum atomic E-state index is -1.13. The third kappa shape index (κ3) is 2.75. The number of hydrogen-bond acceptors (Lipinski definition) is 4. The van der Waals surface area contributed by atoms with Crippen LogP contribution in [-0.4, -0.2) is 35.5 Å². The van der Waals surface area contributed by atoms with Gasteiger partial charge in [-0.05, 0) is 24.1 Å². The molecular formula is C22H21NO4. The maximum atomic E-state index is 12.9. The average Bonchev–Trinajstić information content (AvgIpc) is 3.20. The maximum absolute atomic E-state index is 12.9. The summed E-state index contributed by atoms with van der Waals surface area (Å²) in [5.41, 5.74) is 0.732. The number of ketones is 1. The van der Waals surface area contributed by atoms with Crippen molar-refractivity contribution in [3.05, 3.63) is 83.9 Å². The Morgan fingerprint density at radius 2 is 1.56 bits per heavy atom. The van der Waals surface area contributed by atoms with Crippen molar-refractivity contribution in [3.63, 3.8) is 0 Å². The summed E-state index contributed by atoms with van der Waals surface area (Å²) in [7, 11) is 1.49. The highest BCUT2D eigenvalue weighted by molar-refractivity contribution is 6.01. The first kappa shape index (κ1) is 17.5. The highest BCUT2D eigenvalue weighted by atomic mass is 16.6. The number of amides is 1. The van der Waals surface area contributed by atoms with Crippen LogP contribution in [-0.2, 0) is 14.3 Å². The summed E-state index contributed by atoms with van der Waals surface area (Å²) in [6.07, 6.45) is 2.30. The van der Waals surface area contributed by atoms with Gasteiger partial charge in [-0.2, -0.15) is 0 Å². The molecule has 1 saturated heterocycles. The second-order valence-electron chi connectivity index (χ2n) is 6.96. The molecule has 0 saturated carbocycles. The highest BCUT2D eigenvalue weighted by Crippen LogP contribution is 2.47. The fraction of sp³-hybridized carbons (Fsp3) is 0.273. The number of benzene rings is 2. The lowest BCUT2D eigenvalue weighted by atomic mass is 9.90. The van der Waals surface area contributed by atoms with Crippen molar-refractivity contribution in [3.8, 4) is 0 Å². The number of hydrogen-bond donors (Lipinski definition) is 0. The van der Waals surface area contributed by atoms with Crippen LogP contribution in [0, 0.1) is 0 Å². The van der Waals surface area contributed by atoms with Crippen LogP contribution in [0.1, 0.15) is 30.2 Å². The third-order valence-corrected chi connectivity index (χ3v) is 5.50. The van der Waals surface area contributed by atoms with Gasteiger partial charge >= 0.3 is 6.09 Å². The van der Waals surface area contributed by atoms with Crippen LogP contribution in [0.2, 0.25) is 0 Å². The molecule has 27 heavy (non-hydrogen) atoms. The Bertz CT molecular complexity index is 880. The van der Waals surface area contributed by atoms with Crippen LogP contribution in [0.4, 0.5) is 4.79 Å². The Morgan fingerprint density at radius 1 is 0.963 bits per heavy atom. The Balaban J connectivity index is 1.81. The first-order valence-electron chi connectivity index (χ1n) is 8.93. The van der Waals surface area contributed by atoms with Crippen LogP contribution in [0.15, 0.2) is 72.8 Å². The number of cyclic esters (lactones) is 1. The van der Waals surface area contributed by atoms with Gasteiger partial charge in [0.25, 0.3) is 0 Å². The average molecular weight is 363 g/mol. The van der Waals surface area contributed by atoms with Crippen molar-refractivity contribution in [2.75, 3.05) is 7.11 Å². The van der Waals surface area contributed by atoms with E-state index in [9.17, 15) is 9.59 Å². The van der Waals surface area contributed by atoms with Gasteiger partial charge in [0.15, 0.2) is 17.5 Å². The fourth-order valence-corrected chi connectivity index (χ4v) is 3.91. The molecule has 1 aliphatic heterocycles. The van der Waals surface area contributed by atoms with Gasteiger partial charge in [-0.3, -0.25) is 9.69 Å². The second kappa shape index (κ2) is 6.67. The second-order valence-corrected chi connectivity index (χ2v) is 6.96.